The maximum atomic E-state index is 10.8. The van der Waals surface area contributed by atoms with Gasteiger partial charge in [0.15, 0.2) is 0 Å². The maximum Gasteiger partial charge on any atom is 0.303 e. The number of carbonyl (C=O) groups is 1. The van der Waals surface area contributed by atoms with Crippen LogP contribution in [-0.4, -0.2) is 39.6 Å². The number of rotatable bonds is 8. The highest BCUT2D eigenvalue weighted by atomic mass is 16.5. The molecule has 6 atom stereocenters. The van der Waals surface area contributed by atoms with Crippen LogP contribution in [-0.2, 0) is 11.2 Å². The quantitative estimate of drug-likeness (QED) is 0.462. The van der Waals surface area contributed by atoms with Crippen LogP contribution < -0.4 is 4.74 Å². The van der Waals surface area contributed by atoms with Crippen LogP contribution in [0.15, 0.2) is 30.4 Å². The third-order valence-electron chi connectivity index (χ3n) is 6.04. The van der Waals surface area contributed by atoms with Crippen molar-refractivity contribution < 1.29 is 24.9 Å². The van der Waals surface area contributed by atoms with E-state index in [-0.39, 0.29) is 30.3 Å². The lowest BCUT2D eigenvalue weighted by Gasteiger charge is -2.19. The van der Waals surface area contributed by atoms with Crippen LogP contribution in [0.25, 0.3) is 0 Å². The second kappa shape index (κ2) is 9.47. The smallest absolute Gasteiger partial charge is 0.303 e. The van der Waals surface area contributed by atoms with Gasteiger partial charge in [-0.2, -0.15) is 0 Å². The number of ether oxygens (including phenoxy) is 1. The number of fused-ring (bicyclic) bond motifs is 3. The van der Waals surface area contributed by atoms with Gasteiger partial charge in [-0.25, -0.2) is 0 Å². The molecule has 1 aromatic carbocycles. The van der Waals surface area contributed by atoms with E-state index in [0.29, 0.717) is 25.7 Å². The van der Waals surface area contributed by atoms with Crippen LogP contribution in [0.1, 0.15) is 56.6 Å². The first-order valence-electron chi connectivity index (χ1n) is 10.4. The molecule has 1 aromatic rings. The Kier molecular flexibility index (Phi) is 7.00. The Morgan fingerprint density at radius 2 is 2.21 bits per heavy atom. The van der Waals surface area contributed by atoms with Crippen LogP contribution in [0.5, 0.6) is 5.75 Å². The van der Waals surface area contributed by atoms with Crippen molar-refractivity contribution in [1.29, 1.82) is 0 Å². The standard InChI is InChI=1S/C24H30O5/c1-3-4-7-15(2)19(25)13-12-17-20(26)14-21-23(17)18-10-5-8-16(24(18)29-21)9-6-11-22(27)28/h5,8,10,12-13,15,17,19-21,23,25-26H,6-7,9,11,14H2,1-2H3,(H,27,28)/b13-12-/t15-,17+,19-,20-,21+,23+/m1/s1. The van der Waals surface area contributed by atoms with Crippen molar-refractivity contribution in [3.05, 3.63) is 41.5 Å². The number of benzene rings is 1. The second-order valence-electron chi connectivity index (χ2n) is 8.13. The summed E-state index contributed by atoms with van der Waals surface area (Å²) in [7, 11) is 0. The Labute approximate surface area is 172 Å². The topological polar surface area (TPSA) is 87.0 Å². The van der Waals surface area contributed by atoms with Crippen molar-refractivity contribution >= 4 is 5.97 Å². The van der Waals surface area contributed by atoms with Gasteiger partial charge in [0.1, 0.15) is 11.9 Å². The maximum absolute atomic E-state index is 10.8. The van der Waals surface area contributed by atoms with Gasteiger partial charge in [0.2, 0.25) is 0 Å². The van der Waals surface area contributed by atoms with E-state index in [9.17, 15) is 15.0 Å². The number of hydrogen-bond acceptors (Lipinski definition) is 4. The average molecular weight is 398 g/mol. The van der Waals surface area contributed by atoms with E-state index in [2.05, 4.69) is 11.8 Å². The molecule has 0 unspecified atom stereocenters. The molecule has 1 saturated carbocycles. The van der Waals surface area contributed by atoms with Gasteiger partial charge < -0.3 is 20.1 Å². The van der Waals surface area contributed by atoms with Crippen molar-refractivity contribution in [3.63, 3.8) is 0 Å². The highest BCUT2D eigenvalue weighted by Gasteiger charge is 2.48. The summed E-state index contributed by atoms with van der Waals surface area (Å²) in [6, 6.07) is 6.01. The van der Waals surface area contributed by atoms with E-state index in [4.69, 9.17) is 9.84 Å². The molecule has 3 N–H and O–H groups in total. The number of aryl methyl sites for hydroxylation is 1. The second-order valence-corrected chi connectivity index (χ2v) is 8.13. The van der Waals surface area contributed by atoms with Crippen LogP contribution in [0.4, 0.5) is 0 Å². The Balaban J connectivity index is 1.75. The third-order valence-corrected chi connectivity index (χ3v) is 6.04. The minimum Gasteiger partial charge on any atom is -0.489 e. The fraction of sp³-hybridized carbons (Fsp3) is 0.542. The SMILES string of the molecule is CC#CC[C@@H](C)[C@H](O)/C=C\[C@@H]1[C@H]2c3cccc(CCCC(=O)O)c3O[C@H]2C[C@H]1O. The Hall–Kier alpha value is -2.29. The molecular weight excluding hydrogens is 368 g/mol. The van der Waals surface area contributed by atoms with Crippen LogP contribution in [0.3, 0.4) is 0 Å². The minimum atomic E-state index is -0.790. The molecule has 0 radical (unpaired) electrons. The Morgan fingerprint density at radius 1 is 1.41 bits per heavy atom. The molecule has 5 heteroatoms. The van der Waals surface area contributed by atoms with E-state index in [1.807, 2.05) is 31.2 Å². The number of carboxylic acid groups (broad SMARTS) is 1. The summed E-state index contributed by atoms with van der Waals surface area (Å²) in [6.45, 7) is 3.75. The zero-order valence-electron chi connectivity index (χ0n) is 17.0. The minimum absolute atomic E-state index is 0.0287. The lowest BCUT2D eigenvalue weighted by Crippen LogP contribution is -2.19. The highest BCUT2D eigenvalue weighted by molar-refractivity contribution is 5.66. The molecule has 0 saturated heterocycles. The van der Waals surface area contributed by atoms with Crippen molar-refractivity contribution in [2.45, 2.75) is 70.2 Å². The van der Waals surface area contributed by atoms with E-state index in [1.54, 1.807) is 13.0 Å². The van der Waals surface area contributed by atoms with Crippen molar-refractivity contribution in [2.75, 3.05) is 0 Å². The van der Waals surface area contributed by atoms with Gasteiger partial charge in [-0.05, 0) is 31.2 Å². The number of hydrogen-bond donors (Lipinski definition) is 3. The average Bonchev–Trinajstić information content (AvgIpc) is 3.19. The predicted octanol–water partition coefficient (Wildman–Crippen LogP) is 3.29. The molecule has 2 aliphatic rings. The fourth-order valence-corrected chi connectivity index (χ4v) is 4.41. The number of carboxylic acids is 1. The summed E-state index contributed by atoms with van der Waals surface area (Å²) in [5.74, 6) is 5.87. The fourth-order valence-electron chi connectivity index (χ4n) is 4.41. The van der Waals surface area contributed by atoms with Crippen molar-refractivity contribution in [2.24, 2.45) is 11.8 Å². The first kappa shape index (κ1) is 21.4. The molecule has 0 amide bonds. The molecule has 1 aliphatic carbocycles. The van der Waals surface area contributed by atoms with Crippen LogP contribution in [0, 0.1) is 23.7 Å². The molecule has 0 aromatic heterocycles. The predicted molar refractivity (Wildman–Crippen MR) is 111 cm³/mol. The first-order valence-corrected chi connectivity index (χ1v) is 10.4. The van der Waals surface area contributed by atoms with Gasteiger partial charge >= 0.3 is 5.97 Å². The van der Waals surface area contributed by atoms with Crippen molar-refractivity contribution in [1.82, 2.24) is 0 Å². The van der Waals surface area contributed by atoms with Gasteiger partial charge in [0.05, 0.1) is 12.2 Å². The lowest BCUT2D eigenvalue weighted by molar-refractivity contribution is -0.137. The van der Waals surface area contributed by atoms with E-state index in [0.717, 1.165) is 16.9 Å². The summed E-state index contributed by atoms with van der Waals surface area (Å²) in [5, 5.41) is 29.9. The summed E-state index contributed by atoms with van der Waals surface area (Å²) in [6.07, 6.45) is 5.07. The zero-order valence-corrected chi connectivity index (χ0v) is 17.0. The van der Waals surface area contributed by atoms with E-state index in [1.165, 1.54) is 0 Å². The molecule has 156 valence electrons. The van der Waals surface area contributed by atoms with Gasteiger partial charge in [-0.15, -0.1) is 11.8 Å². The summed E-state index contributed by atoms with van der Waals surface area (Å²) in [5.41, 5.74) is 2.11. The molecule has 3 rings (SSSR count). The van der Waals surface area contributed by atoms with Crippen LogP contribution in [0.2, 0.25) is 0 Å². The lowest BCUT2D eigenvalue weighted by atomic mass is 9.86. The molecule has 29 heavy (non-hydrogen) atoms. The normalized spacial score (nSPS) is 26.9. The summed E-state index contributed by atoms with van der Waals surface area (Å²) in [4.78, 5) is 10.8. The molecule has 1 fully saturated rings. The van der Waals surface area contributed by atoms with Gasteiger partial charge in [-0.1, -0.05) is 37.3 Å². The van der Waals surface area contributed by atoms with Crippen LogP contribution >= 0.6 is 0 Å². The molecule has 1 aliphatic heterocycles. The molecule has 0 bridgehead atoms. The van der Waals surface area contributed by atoms with Gasteiger partial charge in [0.25, 0.3) is 0 Å². The Morgan fingerprint density at radius 3 is 2.93 bits per heavy atom. The van der Waals surface area contributed by atoms with E-state index >= 15 is 0 Å². The summed E-state index contributed by atoms with van der Waals surface area (Å²) < 4.78 is 6.21. The summed E-state index contributed by atoms with van der Waals surface area (Å²) >= 11 is 0. The number of aliphatic carboxylic acids is 1. The van der Waals surface area contributed by atoms with E-state index < -0.39 is 18.2 Å². The first-order chi connectivity index (χ1) is 13.9. The van der Waals surface area contributed by atoms with Crippen molar-refractivity contribution in [3.8, 4) is 17.6 Å². The number of para-hydroxylation sites is 1. The number of aliphatic hydroxyl groups excluding tert-OH is 2. The molecule has 0 spiro atoms. The highest BCUT2D eigenvalue weighted by Crippen LogP contribution is 2.52. The zero-order chi connectivity index (χ0) is 21.0. The Bertz CT molecular complexity index is 818. The number of aliphatic hydroxyl groups is 2. The monoisotopic (exact) mass is 398 g/mol. The largest absolute Gasteiger partial charge is 0.489 e. The molecule has 5 nitrogen and oxygen atoms in total. The van der Waals surface area contributed by atoms with Gasteiger partial charge in [0, 0.05) is 36.7 Å². The molecule has 1 heterocycles. The van der Waals surface area contributed by atoms with Gasteiger partial charge in [-0.3, -0.25) is 4.79 Å². The third kappa shape index (κ3) is 4.83. The molecular formula is C24H30O5.